The van der Waals surface area contributed by atoms with E-state index >= 15 is 0 Å². The van der Waals surface area contributed by atoms with Gasteiger partial charge < -0.3 is 10.2 Å². The number of amides is 2. The average molecular weight is 422 g/mol. The number of rotatable bonds is 4. The minimum Gasteiger partial charge on any atom is -0.325 e. The zero-order valence-corrected chi connectivity index (χ0v) is 18.1. The van der Waals surface area contributed by atoms with Gasteiger partial charge in [0.25, 0.3) is 5.91 Å². The highest BCUT2D eigenvalue weighted by Crippen LogP contribution is 2.38. The van der Waals surface area contributed by atoms with Gasteiger partial charge in [-0.1, -0.05) is 18.9 Å². The van der Waals surface area contributed by atoms with Crippen LogP contribution < -0.4 is 5.32 Å². The van der Waals surface area contributed by atoms with Gasteiger partial charge in [0.05, 0.1) is 0 Å². The van der Waals surface area contributed by atoms with Crippen LogP contribution in [0.2, 0.25) is 0 Å². The lowest BCUT2D eigenvalue weighted by molar-refractivity contribution is -0.133. The first-order chi connectivity index (χ1) is 14.9. The van der Waals surface area contributed by atoms with Crippen LogP contribution >= 0.6 is 0 Å². The van der Waals surface area contributed by atoms with E-state index in [-0.39, 0.29) is 24.2 Å². The zero-order valence-electron chi connectivity index (χ0n) is 18.1. The predicted octanol–water partition coefficient (Wildman–Crippen LogP) is 4.76. The second-order valence-electron chi connectivity index (χ2n) is 8.60. The Morgan fingerprint density at radius 2 is 1.71 bits per heavy atom. The van der Waals surface area contributed by atoms with Gasteiger partial charge in [0.15, 0.2) is 0 Å². The van der Waals surface area contributed by atoms with E-state index < -0.39 is 5.66 Å². The Labute approximate surface area is 182 Å². The largest absolute Gasteiger partial charge is 0.325 e. The summed E-state index contributed by atoms with van der Waals surface area (Å²) in [5.74, 6) is -0.858. The standard InChI is InChI=1S/C25H28FN3O2/c1-17-7-12-21(15-18(17)2)27-22(30)16-29-24(31)23(19-8-10-20(26)11-9-19)28-25(29)13-5-3-4-6-14-25/h7-12,15H,3-6,13-14,16H2,1-2H3,(H,27,30). The molecule has 0 bridgehead atoms. The average Bonchev–Trinajstić information content (AvgIpc) is 2.88. The van der Waals surface area contributed by atoms with Gasteiger partial charge in [-0.15, -0.1) is 0 Å². The van der Waals surface area contributed by atoms with E-state index in [1.807, 2.05) is 32.0 Å². The third kappa shape index (κ3) is 4.38. The summed E-state index contributed by atoms with van der Waals surface area (Å²) >= 11 is 0. The van der Waals surface area contributed by atoms with Crippen LogP contribution in [0.4, 0.5) is 10.1 Å². The number of nitrogens with zero attached hydrogens (tertiary/aromatic N) is 2. The molecule has 1 spiro atoms. The number of carbonyl (C=O) groups is 2. The van der Waals surface area contributed by atoms with Crippen molar-refractivity contribution in [3.63, 3.8) is 0 Å². The Balaban J connectivity index is 1.60. The number of hydrogen-bond acceptors (Lipinski definition) is 3. The maximum Gasteiger partial charge on any atom is 0.275 e. The summed E-state index contributed by atoms with van der Waals surface area (Å²) in [4.78, 5) is 32.8. The molecule has 162 valence electrons. The molecule has 0 unspecified atom stereocenters. The van der Waals surface area contributed by atoms with Crippen LogP contribution in [0.5, 0.6) is 0 Å². The van der Waals surface area contributed by atoms with Crippen molar-refractivity contribution in [2.75, 3.05) is 11.9 Å². The van der Waals surface area contributed by atoms with E-state index in [2.05, 4.69) is 5.32 Å². The van der Waals surface area contributed by atoms with E-state index in [0.29, 0.717) is 17.0 Å². The number of anilines is 1. The first kappa shape index (κ1) is 21.2. The minimum atomic E-state index is -0.697. The van der Waals surface area contributed by atoms with Crippen LogP contribution in [0.3, 0.4) is 0 Å². The van der Waals surface area contributed by atoms with Crippen molar-refractivity contribution >= 4 is 23.2 Å². The normalized spacial score (nSPS) is 18.1. The van der Waals surface area contributed by atoms with Crippen molar-refractivity contribution in [3.8, 4) is 0 Å². The number of hydrogen-bond donors (Lipinski definition) is 1. The van der Waals surface area contributed by atoms with Gasteiger partial charge in [0.2, 0.25) is 5.91 Å². The van der Waals surface area contributed by atoms with Gasteiger partial charge >= 0.3 is 0 Å². The number of benzene rings is 2. The van der Waals surface area contributed by atoms with Crippen molar-refractivity contribution in [1.29, 1.82) is 0 Å². The summed E-state index contributed by atoms with van der Waals surface area (Å²) in [5, 5.41) is 2.92. The SMILES string of the molecule is Cc1ccc(NC(=O)CN2C(=O)C(c3ccc(F)cc3)=NC23CCCCCC3)cc1C. The molecule has 1 heterocycles. The third-order valence-corrected chi connectivity index (χ3v) is 6.38. The molecule has 0 atom stereocenters. The molecule has 2 aromatic rings. The molecule has 0 saturated heterocycles. The van der Waals surface area contributed by atoms with Crippen molar-refractivity contribution in [2.45, 2.75) is 58.0 Å². The fourth-order valence-corrected chi connectivity index (χ4v) is 4.49. The smallest absolute Gasteiger partial charge is 0.275 e. The molecule has 0 aromatic heterocycles. The molecule has 4 rings (SSSR count). The van der Waals surface area contributed by atoms with Gasteiger partial charge in [-0.25, -0.2) is 4.39 Å². The highest BCUT2D eigenvalue weighted by Gasteiger charge is 2.47. The molecule has 31 heavy (non-hydrogen) atoms. The molecule has 2 amide bonds. The number of nitrogens with one attached hydrogen (secondary N) is 1. The number of halogens is 1. The topological polar surface area (TPSA) is 61.8 Å². The molecule has 1 aliphatic carbocycles. The Kier molecular flexibility index (Phi) is 5.90. The first-order valence-corrected chi connectivity index (χ1v) is 10.9. The summed E-state index contributed by atoms with van der Waals surface area (Å²) in [5.41, 5.74) is 3.18. The van der Waals surface area contributed by atoms with Crippen LogP contribution in [0.15, 0.2) is 47.5 Å². The second-order valence-corrected chi connectivity index (χ2v) is 8.60. The van der Waals surface area contributed by atoms with E-state index in [9.17, 15) is 14.0 Å². The molecule has 1 fully saturated rings. The maximum absolute atomic E-state index is 13.4. The van der Waals surface area contributed by atoms with Crippen LogP contribution in [-0.4, -0.2) is 34.6 Å². The summed E-state index contributed by atoms with van der Waals surface area (Å²) in [6, 6.07) is 11.6. The van der Waals surface area contributed by atoms with Crippen LogP contribution in [0.1, 0.15) is 55.2 Å². The molecule has 1 aliphatic heterocycles. The van der Waals surface area contributed by atoms with E-state index in [1.165, 1.54) is 12.1 Å². The Hall–Kier alpha value is -3.02. The van der Waals surface area contributed by atoms with E-state index in [4.69, 9.17) is 4.99 Å². The minimum absolute atomic E-state index is 0.0556. The zero-order chi connectivity index (χ0) is 22.0. The Morgan fingerprint density at radius 3 is 2.35 bits per heavy atom. The quantitative estimate of drug-likeness (QED) is 0.773. The number of aryl methyl sites for hydroxylation is 2. The van der Waals surface area contributed by atoms with Crippen molar-refractivity contribution < 1.29 is 14.0 Å². The van der Waals surface area contributed by atoms with Crippen molar-refractivity contribution in [2.24, 2.45) is 4.99 Å². The van der Waals surface area contributed by atoms with E-state index in [0.717, 1.165) is 49.7 Å². The molecule has 6 heteroatoms. The number of aliphatic imine (C=N–C) groups is 1. The highest BCUT2D eigenvalue weighted by molar-refractivity contribution is 6.47. The molecular weight excluding hydrogens is 393 g/mol. The summed E-state index contributed by atoms with van der Waals surface area (Å²) in [6.45, 7) is 3.96. The van der Waals surface area contributed by atoms with Gasteiger partial charge in [-0.2, -0.15) is 0 Å². The lowest BCUT2D eigenvalue weighted by Gasteiger charge is -2.35. The molecular formula is C25H28FN3O2. The lowest BCUT2D eigenvalue weighted by atomic mass is 10.00. The second kappa shape index (κ2) is 8.61. The maximum atomic E-state index is 13.4. The number of carbonyl (C=O) groups excluding carboxylic acids is 2. The van der Waals surface area contributed by atoms with E-state index in [1.54, 1.807) is 17.0 Å². The summed E-state index contributed by atoms with van der Waals surface area (Å²) < 4.78 is 13.4. The lowest BCUT2D eigenvalue weighted by Crippen LogP contribution is -2.50. The highest BCUT2D eigenvalue weighted by atomic mass is 19.1. The fraction of sp³-hybridized carbons (Fsp3) is 0.400. The Morgan fingerprint density at radius 1 is 1.03 bits per heavy atom. The molecule has 0 radical (unpaired) electrons. The van der Waals surface area contributed by atoms with Gasteiger partial charge in [-0.3, -0.25) is 14.6 Å². The molecule has 1 N–H and O–H groups in total. The van der Waals surface area contributed by atoms with Gasteiger partial charge in [0, 0.05) is 11.3 Å². The molecule has 2 aliphatic rings. The summed E-state index contributed by atoms with van der Waals surface area (Å²) in [7, 11) is 0. The van der Waals surface area contributed by atoms with Crippen LogP contribution in [-0.2, 0) is 9.59 Å². The van der Waals surface area contributed by atoms with Gasteiger partial charge in [-0.05, 0) is 87.1 Å². The first-order valence-electron chi connectivity index (χ1n) is 10.9. The fourth-order valence-electron chi connectivity index (χ4n) is 4.49. The van der Waals surface area contributed by atoms with Crippen LogP contribution in [0.25, 0.3) is 0 Å². The molecule has 2 aromatic carbocycles. The molecule has 1 saturated carbocycles. The Bertz CT molecular complexity index is 1020. The van der Waals surface area contributed by atoms with Crippen molar-refractivity contribution in [3.05, 3.63) is 65.0 Å². The predicted molar refractivity (Wildman–Crippen MR) is 120 cm³/mol. The monoisotopic (exact) mass is 421 g/mol. The van der Waals surface area contributed by atoms with Gasteiger partial charge in [0.1, 0.15) is 23.7 Å². The van der Waals surface area contributed by atoms with Crippen molar-refractivity contribution in [1.82, 2.24) is 4.90 Å². The third-order valence-electron chi connectivity index (χ3n) is 6.38. The van der Waals surface area contributed by atoms with Crippen LogP contribution in [0, 0.1) is 19.7 Å². The summed E-state index contributed by atoms with van der Waals surface area (Å²) in [6.07, 6.45) is 5.59. The molecule has 5 nitrogen and oxygen atoms in total.